The van der Waals surface area contributed by atoms with Crippen molar-refractivity contribution in [3.8, 4) is 0 Å². The fourth-order valence-corrected chi connectivity index (χ4v) is 4.87. The number of aromatic nitrogens is 2. The normalized spacial score (nSPS) is 19.0. The molecule has 36 heavy (non-hydrogen) atoms. The van der Waals surface area contributed by atoms with Gasteiger partial charge in [0.1, 0.15) is 6.33 Å². The molecule has 0 amide bonds. The summed E-state index contributed by atoms with van der Waals surface area (Å²) in [6.07, 6.45) is 0.760. The molecule has 1 aliphatic carbocycles. The van der Waals surface area contributed by atoms with Crippen LogP contribution in [-0.2, 0) is 20.9 Å². The largest absolute Gasteiger partial charge is 0.416 e. The van der Waals surface area contributed by atoms with Gasteiger partial charge < -0.3 is 15.4 Å². The van der Waals surface area contributed by atoms with Gasteiger partial charge >= 0.3 is 6.18 Å². The SMILES string of the molecule is CS(=O)(=O)NCC1(CNc2ncnc(NC(c3ccc(C(F)(F)F)cc3)C3CC3)c2F)CCOCC1. The number of benzene rings is 1. The molecule has 1 aromatic carbocycles. The molecule has 1 atom stereocenters. The number of anilines is 2. The minimum absolute atomic E-state index is 0.0420. The van der Waals surface area contributed by atoms with Crippen LogP contribution in [0.2, 0.25) is 0 Å². The summed E-state index contributed by atoms with van der Waals surface area (Å²) in [5.74, 6) is -0.660. The van der Waals surface area contributed by atoms with Gasteiger partial charge in [0.15, 0.2) is 11.6 Å². The lowest BCUT2D eigenvalue weighted by Crippen LogP contribution is -2.45. The molecule has 8 nitrogen and oxygen atoms in total. The van der Waals surface area contributed by atoms with Crippen LogP contribution in [-0.4, -0.2) is 50.9 Å². The van der Waals surface area contributed by atoms with Crippen LogP contribution in [0.25, 0.3) is 0 Å². The summed E-state index contributed by atoms with van der Waals surface area (Å²) < 4.78 is 85.4. The van der Waals surface area contributed by atoms with E-state index in [4.69, 9.17) is 4.74 Å². The number of alkyl halides is 3. The average Bonchev–Trinajstić information content (AvgIpc) is 3.67. The molecule has 198 valence electrons. The van der Waals surface area contributed by atoms with Gasteiger partial charge in [0.25, 0.3) is 0 Å². The van der Waals surface area contributed by atoms with E-state index in [9.17, 15) is 21.6 Å². The lowest BCUT2D eigenvalue weighted by molar-refractivity contribution is -0.137. The highest BCUT2D eigenvalue weighted by atomic mass is 32.2. The fraction of sp³-hybridized carbons (Fsp3) is 0.565. The Morgan fingerprint density at radius 2 is 1.72 bits per heavy atom. The summed E-state index contributed by atoms with van der Waals surface area (Å²) in [5, 5.41) is 6.06. The van der Waals surface area contributed by atoms with Gasteiger partial charge in [0.05, 0.1) is 17.9 Å². The maximum Gasteiger partial charge on any atom is 0.416 e. The van der Waals surface area contributed by atoms with Crippen LogP contribution in [0.3, 0.4) is 0 Å². The average molecular weight is 532 g/mol. The van der Waals surface area contributed by atoms with Gasteiger partial charge in [-0.05, 0) is 49.3 Å². The van der Waals surface area contributed by atoms with Crippen LogP contribution in [0, 0.1) is 17.2 Å². The maximum atomic E-state index is 15.4. The van der Waals surface area contributed by atoms with Gasteiger partial charge in [-0.3, -0.25) is 0 Å². The zero-order valence-electron chi connectivity index (χ0n) is 19.7. The van der Waals surface area contributed by atoms with Crippen LogP contribution in [0.15, 0.2) is 30.6 Å². The first kappa shape index (κ1) is 26.6. The molecule has 0 radical (unpaired) electrons. The van der Waals surface area contributed by atoms with Crippen molar-refractivity contribution in [1.82, 2.24) is 14.7 Å². The van der Waals surface area contributed by atoms with Gasteiger partial charge in [-0.15, -0.1) is 0 Å². The Balaban J connectivity index is 1.49. The van der Waals surface area contributed by atoms with E-state index < -0.39 is 39.0 Å². The van der Waals surface area contributed by atoms with Crippen molar-refractivity contribution >= 4 is 21.7 Å². The van der Waals surface area contributed by atoms with Crippen molar-refractivity contribution < 1.29 is 30.7 Å². The molecule has 1 aromatic heterocycles. The Morgan fingerprint density at radius 1 is 1.08 bits per heavy atom. The molecule has 1 unspecified atom stereocenters. The summed E-state index contributed by atoms with van der Waals surface area (Å²) in [4.78, 5) is 8.03. The molecule has 0 spiro atoms. The van der Waals surface area contributed by atoms with E-state index in [1.165, 1.54) is 18.5 Å². The van der Waals surface area contributed by atoms with Crippen molar-refractivity contribution in [1.29, 1.82) is 0 Å². The molecular weight excluding hydrogens is 502 g/mol. The van der Waals surface area contributed by atoms with Gasteiger partial charge in [-0.1, -0.05) is 12.1 Å². The predicted octanol–water partition coefficient (Wildman–Crippen LogP) is 3.96. The molecule has 2 aromatic rings. The number of nitrogens with one attached hydrogen (secondary N) is 3. The van der Waals surface area contributed by atoms with E-state index in [0.29, 0.717) is 31.6 Å². The molecule has 0 bridgehead atoms. The smallest absolute Gasteiger partial charge is 0.381 e. The molecule has 4 rings (SSSR count). The van der Waals surface area contributed by atoms with Crippen molar-refractivity contribution in [3.63, 3.8) is 0 Å². The van der Waals surface area contributed by atoms with E-state index in [1.54, 1.807) is 0 Å². The molecule has 13 heteroatoms. The molecule has 2 fully saturated rings. The fourth-order valence-electron chi connectivity index (χ4n) is 4.30. The summed E-state index contributed by atoms with van der Waals surface area (Å²) in [6.45, 7) is 1.36. The van der Waals surface area contributed by atoms with E-state index in [1.807, 2.05) is 0 Å². The topological polar surface area (TPSA) is 105 Å². The van der Waals surface area contributed by atoms with Crippen LogP contribution in [0.4, 0.5) is 29.2 Å². The Kier molecular flexibility index (Phi) is 7.72. The van der Waals surface area contributed by atoms with E-state index >= 15 is 4.39 Å². The molecule has 1 saturated carbocycles. The molecule has 1 saturated heterocycles. The van der Waals surface area contributed by atoms with Crippen molar-refractivity contribution in [2.75, 3.05) is 43.2 Å². The number of halogens is 4. The van der Waals surface area contributed by atoms with Crippen molar-refractivity contribution in [3.05, 3.63) is 47.5 Å². The zero-order chi connectivity index (χ0) is 26.0. The van der Waals surface area contributed by atoms with E-state index in [-0.39, 0.29) is 30.6 Å². The summed E-state index contributed by atoms with van der Waals surface area (Å²) >= 11 is 0. The van der Waals surface area contributed by atoms with Gasteiger partial charge in [0.2, 0.25) is 15.8 Å². The zero-order valence-corrected chi connectivity index (χ0v) is 20.6. The monoisotopic (exact) mass is 531 g/mol. The Hall–Kier alpha value is -2.51. The highest BCUT2D eigenvalue weighted by molar-refractivity contribution is 7.88. The van der Waals surface area contributed by atoms with Crippen LogP contribution < -0.4 is 15.4 Å². The van der Waals surface area contributed by atoms with Crippen LogP contribution >= 0.6 is 0 Å². The third-order valence-corrected chi connectivity index (χ3v) is 7.33. The number of hydrogen-bond acceptors (Lipinski definition) is 7. The van der Waals surface area contributed by atoms with Gasteiger partial charge in [-0.2, -0.15) is 17.6 Å². The predicted molar refractivity (Wildman–Crippen MR) is 126 cm³/mol. The number of sulfonamides is 1. The Labute approximate surface area is 207 Å². The third kappa shape index (κ3) is 6.83. The lowest BCUT2D eigenvalue weighted by Gasteiger charge is -2.37. The summed E-state index contributed by atoms with van der Waals surface area (Å²) in [7, 11) is -3.40. The Bertz CT molecular complexity index is 1150. The molecule has 2 heterocycles. The van der Waals surface area contributed by atoms with Crippen LogP contribution in [0.5, 0.6) is 0 Å². The van der Waals surface area contributed by atoms with Crippen LogP contribution in [0.1, 0.15) is 42.9 Å². The minimum atomic E-state index is -4.43. The third-order valence-electron chi connectivity index (χ3n) is 6.67. The molecule has 2 aliphatic rings. The summed E-state index contributed by atoms with van der Waals surface area (Å²) in [6, 6.07) is 4.45. The number of hydrogen-bond donors (Lipinski definition) is 3. The van der Waals surface area contributed by atoms with Gasteiger partial charge in [-0.25, -0.2) is 23.1 Å². The minimum Gasteiger partial charge on any atom is -0.381 e. The van der Waals surface area contributed by atoms with E-state index in [2.05, 4.69) is 25.3 Å². The quantitative estimate of drug-likeness (QED) is 0.399. The van der Waals surface area contributed by atoms with Gasteiger partial charge in [0, 0.05) is 31.7 Å². The second-order valence-corrected chi connectivity index (χ2v) is 11.4. The molecule has 3 N–H and O–H groups in total. The number of rotatable bonds is 10. The standard InChI is InChI=1S/C23H29F4N5O3S/c1-36(33,34)31-13-22(8-10-35-11-9-22)12-28-20-18(24)21(30-14-29-20)32-19(15-2-3-15)16-4-6-17(7-5-16)23(25,26)27/h4-7,14-15,19,31H,2-3,8-13H2,1H3,(H2,28,29,30,32). The number of ether oxygens (including phenoxy) is 1. The molecule has 1 aliphatic heterocycles. The maximum absolute atomic E-state index is 15.4. The second-order valence-electron chi connectivity index (χ2n) is 9.52. The first-order valence-electron chi connectivity index (χ1n) is 11.7. The second kappa shape index (κ2) is 10.5. The first-order chi connectivity index (χ1) is 17.0. The summed E-state index contributed by atoms with van der Waals surface area (Å²) in [5.41, 5.74) is -0.609. The first-order valence-corrected chi connectivity index (χ1v) is 13.6. The van der Waals surface area contributed by atoms with Crippen molar-refractivity contribution in [2.24, 2.45) is 11.3 Å². The highest BCUT2D eigenvalue weighted by Crippen LogP contribution is 2.43. The Morgan fingerprint density at radius 3 is 2.31 bits per heavy atom. The van der Waals surface area contributed by atoms with Crippen molar-refractivity contribution in [2.45, 2.75) is 37.9 Å². The molecular formula is C23H29F4N5O3S. The lowest BCUT2D eigenvalue weighted by atomic mass is 9.80. The number of nitrogens with zero attached hydrogens (tertiary/aromatic N) is 2. The highest BCUT2D eigenvalue weighted by Gasteiger charge is 2.36. The van der Waals surface area contributed by atoms with E-state index in [0.717, 1.165) is 31.2 Å².